The number of rotatable bonds is 7. The third-order valence-electron chi connectivity index (χ3n) is 4.66. The molecule has 0 saturated carbocycles. The van der Waals surface area contributed by atoms with Crippen LogP contribution in [0.15, 0.2) is 73.3 Å². The van der Waals surface area contributed by atoms with Crippen molar-refractivity contribution in [1.82, 2.24) is 9.55 Å². The zero-order chi connectivity index (χ0) is 20.9. The Morgan fingerprint density at radius 2 is 1.69 bits per heavy atom. The second kappa shape index (κ2) is 8.95. The quantitative estimate of drug-likeness (QED) is 0.529. The molecule has 5 nitrogen and oxygen atoms in total. The van der Waals surface area contributed by atoms with Crippen molar-refractivity contribution in [3.8, 4) is 5.75 Å². The summed E-state index contributed by atoms with van der Waals surface area (Å²) in [4.78, 5) is 15.9. The van der Waals surface area contributed by atoms with Gasteiger partial charge in [0.25, 0.3) is 0 Å². The molecular weight excluding hydrogens is 364 g/mol. The van der Waals surface area contributed by atoms with Crippen LogP contribution in [0.25, 0.3) is 0 Å². The Labute approximate surface area is 172 Å². The minimum Gasteiger partial charge on any atom is -0.466 e. The van der Waals surface area contributed by atoms with Gasteiger partial charge in [-0.05, 0) is 29.7 Å². The summed E-state index contributed by atoms with van der Waals surface area (Å²) in [6, 6.07) is 18.4. The van der Waals surface area contributed by atoms with Gasteiger partial charge in [-0.3, -0.25) is 9.36 Å². The lowest BCUT2D eigenvalue weighted by molar-refractivity contribution is -0.165. The number of nitrogens with zero attached hydrogens (tertiary/aromatic N) is 2. The van der Waals surface area contributed by atoms with Crippen molar-refractivity contribution in [3.05, 3.63) is 84.4 Å². The van der Waals surface area contributed by atoms with Crippen LogP contribution in [0.2, 0.25) is 0 Å². The van der Waals surface area contributed by atoms with E-state index in [0.717, 1.165) is 6.42 Å². The molecule has 0 aliphatic carbocycles. The lowest BCUT2D eigenvalue weighted by Crippen LogP contribution is -2.41. The number of carbonyl (C=O) groups excluding carboxylic acids is 1. The number of carbonyl (C=O) groups is 1. The molecule has 152 valence electrons. The molecule has 29 heavy (non-hydrogen) atoms. The van der Waals surface area contributed by atoms with Crippen LogP contribution in [0.1, 0.15) is 45.0 Å². The molecule has 1 aromatic heterocycles. The second-order valence-corrected chi connectivity index (χ2v) is 8.22. The van der Waals surface area contributed by atoms with Crippen LogP contribution in [0.5, 0.6) is 5.75 Å². The van der Waals surface area contributed by atoms with Crippen molar-refractivity contribution in [3.63, 3.8) is 0 Å². The average Bonchev–Trinajstić information content (AvgIpc) is 3.20. The molecule has 5 heteroatoms. The summed E-state index contributed by atoms with van der Waals surface area (Å²) in [5, 5.41) is 0. The van der Waals surface area contributed by atoms with Gasteiger partial charge in [0.05, 0.1) is 6.33 Å². The molecule has 0 bridgehead atoms. The van der Waals surface area contributed by atoms with Gasteiger partial charge in [0.1, 0.15) is 5.75 Å². The summed E-state index contributed by atoms with van der Waals surface area (Å²) in [6.07, 6.45) is 5.03. The molecule has 0 amide bonds. The Balaban J connectivity index is 1.81. The highest BCUT2D eigenvalue weighted by atomic mass is 16.6. The van der Waals surface area contributed by atoms with Crippen LogP contribution in [-0.4, -0.2) is 21.6 Å². The zero-order valence-corrected chi connectivity index (χ0v) is 17.4. The van der Waals surface area contributed by atoms with Crippen molar-refractivity contribution in [2.45, 2.75) is 46.4 Å². The van der Waals surface area contributed by atoms with Crippen molar-refractivity contribution in [1.29, 1.82) is 0 Å². The molecule has 2 unspecified atom stereocenters. The SMILES string of the molecule is CC(=O)OC(C(Oc1ccc(Cc2ccccc2)cc1)n1ccnc1)C(C)(C)C. The highest BCUT2D eigenvalue weighted by molar-refractivity contribution is 5.66. The largest absolute Gasteiger partial charge is 0.466 e. The van der Waals surface area contributed by atoms with Crippen LogP contribution >= 0.6 is 0 Å². The van der Waals surface area contributed by atoms with Gasteiger partial charge in [0.15, 0.2) is 6.10 Å². The van der Waals surface area contributed by atoms with Crippen LogP contribution in [0.4, 0.5) is 0 Å². The Bertz CT molecular complexity index is 898. The van der Waals surface area contributed by atoms with E-state index in [9.17, 15) is 4.79 Å². The highest BCUT2D eigenvalue weighted by Crippen LogP contribution is 2.33. The van der Waals surface area contributed by atoms with Crippen molar-refractivity contribution in [2.24, 2.45) is 5.41 Å². The van der Waals surface area contributed by atoms with E-state index in [1.54, 1.807) is 12.5 Å². The first-order valence-electron chi connectivity index (χ1n) is 9.77. The number of aromatic nitrogens is 2. The first kappa shape index (κ1) is 20.6. The minimum atomic E-state index is -0.527. The van der Waals surface area contributed by atoms with E-state index in [2.05, 4.69) is 29.2 Å². The van der Waals surface area contributed by atoms with Gasteiger partial charge in [-0.15, -0.1) is 0 Å². The molecule has 3 aromatic rings. The topological polar surface area (TPSA) is 53.4 Å². The lowest BCUT2D eigenvalue weighted by atomic mass is 9.87. The van der Waals surface area contributed by atoms with E-state index in [-0.39, 0.29) is 11.4 Å². The number of imidazole rings is 1. The summed E-state index contributed by atoms with van der Waals surface area (Å²) in [6.45, 7) is 7.49. The average molecular weight is 392 g/mol. The summed E-state index contributed by atoms with van der Waals surface area (Å²) in [5.74, 6) is 0.374. The van der Waals surface area contributed by atoms with E-state index in [0.29, 0.717) is 5.75 Å². The second-order valence-electron chi connectivity index (χ2n) is 8.22. The van der Waals surface area contributed by atoms with E-state index in [4.69, 9.17) is 9.47 Å². The highest BCUT2D eigenvalue weighted by Gasteiger charge is 2.38. The predicted molar refractivity (Wildman–Crippen MR) is 113 cm³/mol. The van der Waals surface area contributed by atoms with Gasteiger partial charge in [-0.25, -0.2) is 4.98 Å². The zero-order valence-electron chi connectivity index (χ0n) is 17.4. The van der Waals surface area contributed by atoms with Crippen LogP contribution in [-0.2, 0) is 16.0 Å². The van der Waals surface area contributed by atoms with E-state index in [1.165, 1.54) is 18.1 Å². The first-order chi connectivity index (χ1) is 13.8. The monoisotopic (exact) mass is 392 g/mol. The lowest BCUT2D eigenvalue weighted by Gasteiger charge is -2.36. The number of esters is 1. The molecule has 0 radical (unpaired) electrons. The van der Waals surface area contributed by atoms with Crippen LogP contribution < -0.4 is 4.74 Å². The molecule has 0 aliphatic heterocycles. The third-order valence-corrected chi connectivity index (χ3v) is 4.66. The third kappa shape index (κ3) is 5.70. The number of benzene rings is 2. The molecule has 0 N–H and O–H groups in total. The van der Waals surface area contributed by atoms with Gasteiger partial charge < -0.3 is 9.47 Å². The smallest absolute Gasteiger partial charge is 0.303 e. The molecule has 1 heterocycles. The molecule has 0 fully saturated rings. The fraction of sp³-hybridized carbons (Fsp3) is 0.333. The van der Waals surface area contributed by atoms with Gasteiger partial charge >= 0.3 is 5.97 Å². The molecule has 3 rings (SSSR count). The summed E-state index contributed by atoms with van der Waals surface area (Å²) in [7, 11) is 0. The fourth-order valence-corrected chi connectivity index (χ4v) is 3.20. The maximum absolute atomic E-state index is 11.7. The number of hydrogen-bond acceptors (Lipinski definition) is 4. The summed E-state index contributed by atoms with van der Waals surface area (Å²) in [5.41, 5.74) is 2.14. The minimum absolute atomic E-state index is 0.326. The Kier molecular flexibility index (Phi) is 6.37. The van der Waals surface area contributed by atoms with E-state index in [1.807, 2.05) is 61.9 Å². The maximum Gasteiger partial charge on any atom is 0.303 e. The normalized spacial score (nSPS) is 13.5. The van der Waals surface area contributed by atoms with Crippen molar-refractivity contribution >= 4 is 5.97 Å². The van der Waals surface area contributed by atoms with Gasteiger partial charge in [0, 0.05) is 24.7 Å². The molecule has 0 saturated heterocycles. The van der Waals surface area contributed by atoms with Gasteiger partial charge in [-0.1, -0.05) is 63.2 Å². The summed E-state index contributed by atoms with van der Waals surface area (Å²) < 4.78 is 13.8. The number of ether oxygens (including phenoxy) is 2. The van der Waals surface area contributed by atoms with Crippen molar-refractivity contribution < 1.29 is 14.3 Å². The predicted octanol–water partition coefficient (Wildman–Crippen LogP) is 5.03. The van der Waals surface area contributed by atoms with Crippen LogP contribution in [0, 0.1) is 5.41 Å². The number of hydrogen-bond donors (Lipinski definition) is 0. The van der Waals surface area contributed by atoms with Crippen LogP contribution in [0.3, 0.4) is 0 Å². The molecule has 0 aliphatic rings. The fourth-order valence-electron chi connectivity index (χ4n) is 3.20. The molecule has 2 atom stereocenters. The first-order valence-corrected chi connectivity index (χ1v) is 9.77. The van der Waals surface area contributed by atoms with Gasteiger partial charge in [0.2, 0.25) is 6.23 Å². The Morgan fingerprint density at radius 3 is 2.24 bits per heavy atom. The molecule has 0 spiro atoms. The summed E-state index contributed by atoms with van der Waals surface area (Å²) >= 11 is 0. The van der Waals surface area contributed by atoms with Crippen molar-refractivity contribution in [2.75, 3.05) is 0 Å². The van der Waals surface area contributed by atoms with Gasteiger partial charge in [-0.2, -0.15) is 0 Å². The van der Waals surface area contributed by atoms with E-state index < -0.39 is 12.3 Å². The molecule has 2 aromatic carbocycles. The van der Waals surface area contributed by atoms with E-state index >= 15 is 0 Å². The molecular formula is C24H28N2O3. The Hall–Kier alpha value is -3.08. The maximum atomic E-state index is 11.7. The standard InChI is InChI=1S/C24H28N2O3/c1-18(27)28-22(24(2,3)4)23(26-15-14-25-17-26)29-21-12-10-20(11-13-21)16-19-8-6-5-7-9-19/h5-15,17,22-23H,16H2,1-4H3. The Morgan fingerprint density at radius 1 is 1.03 bits per heavy atom.